The maximum atomic E-state index is 12.8. The summed E-state index contributed by atoms with van der Waals surface area (Å²) in [6, 6.07) is 10.5. The number of nitrogens with one attached hydrogen (secondary N) is 1. The minimum absolute atomic E-state index is 0.129. The van der Waals surface area contributed by atoms with Crippen LogP contribution in [0.2, 0.25) is 0 Å². The zero-order valence-electron chi connectivity index (χ0n) is 16.9. The van der Waals surface area contributed by atoms with Crippen molar-refractivity contribution in [2.75, 3.05) is 18.0 Å². The highest BCUT2D eigenvalue weighted by atomic mass is 32.1. The Labute approximate surface area is 179 Å². The van der Waals surface area contributed by atoms with E-state index in [1.807, 2.05) is 12.1 Å². The summed E-state index contributed by atoms with van der Waals surface area (Å²) in [5, 5.41) is 10.5. The number of rotatable bonds is 3. The number of thiophene rings is 1. The SMILES string of the molecule is N#C/C(=C\c1ccc(N2CCCCC2)cc1)c1nc2sc3c(c2c(=O)[nH]1)CCCC3. The van der Waals surface area contributed by atoms with Crippen molar-refractivity contribution in [3.05, 3.63) is 56.4 Å². The molecule has 0 atom stereocenters. The third-order valence-electron chi connectivity index (χ3n) is 6.13. The van der Waals surface area contributed by atoms with Crippen molar-refractivity contribution in [3.8, 4) is 6.07 Å². The molecule has 0 amide bonds. The molecule has 1 saturated heterocycles. The van der Waals surface area contributed by atoms with Gasteiger partial charge in [-0.15, -0.1) is 11.3 Å². The number of benzene rings is 1. The molecule has 0 bridgehead atoms. The fraction of sp³-hybridized carbons (Fsp3) is 0.375. The van der Waals surface area contributed by atoms with E-state index in [1.54, 1.807) is 17.4 Å². The Morgan fingerprint density at radius 3 is 2.63 bits per heavy atom. The highest BCUT2D eigenvalue weighted by Crippen LogP contribution is 2.34. The lowest BCUT2D eigenvalue weighted by atomic mass is 9.97. The Morgan fingerprint density at radius 1 is 1.10 bits per heavy atom. The largest absolute Gasteiger partial charge is 0.372 e. The van der Waals surface area contributed by atoms with Gasteiger partial charge in [0, 0.05) is 23.7 Å². The van der Waals surface area contributed by atoms with Gasteiger partial charge in [-0.2, -0.15) is 5.26 Å². The monoisotopic (exact) mass is 416 g/mol. The number of allylic oxidation sites excluding steroid dienone is 1. The molecule has 0 radical (unpaired) electrons. The van der Waals surface area contributed by atoms with E-state index in [0.717, 1.165) is 53.7 Å². The predicted octanol–water partition coefficient (Wildman–Crippen LogP) is 4.92. The number of hydrogen-bond donors (Lipinski definition) is 1. The smallest absolute Gasteiger partial charge is 0.260 e. The number of piperidine rings is 1. The Morgan fingerprint density at radius 2 is 1.87 bits per heavy atom. The molecule has 1 N–H and O–H groups in total. The lowest BCUT2D eigenvalue weighted by Crippen LogP contribution is -2.29. The van der Waals surface area contributed by atoms with E-state index in [4.69, 9.17) is 0 Å². The van der Waals surface area contributed by atoms with Gasteiger partial charge in [0.15, 0.2) is 5.82 Å². The first-order valence-corrected chi connectivity index (χ1v) is 11.6. The normalized spacial score (nSPS) is 17.0. The number of aromatic amines is 1. The van der Waals surface area contributed by atoms with Gasteiger partial charge in [-0.25, -0.2) is 4.98 Å². The standard InChI is InChI=1S/C24H24N4OS/c25-15-17(14-16-8-10-18(11-9-16)28-12-4-1-5-13-28)22-26-23(29)21-19-6-2-3-7-20(19)30-24(21)27-22/h8-11,14H,1-7,12-13H2,(H,26,27,29)/b17-14+. The molecule has 0 saturated carbocycles. The molecule has 2 aromatic heterocycles. The van der Waals surface area contributed by atoms with E-state index in [-0.39, 0.29) is 5.56 Å². The Bertz CT molecular complexity index is 1210. The number of fused-ring (bicyclic) bond motifs is 3. The quantitative estimate of drug-likeness (QED) is 0.615. The van der Waals surface area contributed by atoms with E-state index in [2.05, 4.69) is 33.1 Å². The van der Waals surface area contributed by atoms with E-state index < -0.39 is 0 Å². The van der Waals surface area contributed by atoms with Crippen LogP contribution in [0.3, 0.4) is 0 Å². The second-order valence-corrected chi connectivity index (χ2v) is 9.20. The number of H-pyrrole nitrogens is 1. The minimum atomic E-state index is -0.129. The van der Waals surface area contributed by atoms with Gasteiger partial charge in [-0.1, -0.05) is 12.1 Å². The van der Waals surface area contributed by atoms with E-state index in [1.165, 1.54) is 36.2 Å². The molecule has 5 rings (SSSR count). The lowest BCUT2D eigenvalue weighted by molar-refractivity contribution is 0.578. The van der Waals surface area contributed by atoms with Crippen molar-refractivity contribution in [2.45, 2.75) is 44.9 Å². The summed E-state index contributed by atoms with van der Waals surface area (Å²) in [5.41, 5.74) is 3.57. The third-order valence-corrected chi connectivity index (χ3v) is 7.31. The number of hydrogen-bond acceptors (Lipinski definition) is 5. The van der Waals surface area contributed by atoms with Gasteiger partial charge in [0.1, 0.15) is 10.9 Å². The van der Waals surface area contributed by atoms with Crippen LogP contribution in [0.5, 0.6) is 0 Å². The van der Waals surface area contributed by atoms with Gasteiger partial charge in [-0.05, 0) is 74.3 Å². The lowest BCUT2D eigenvalue weighted by Gasteiger charge is -2.28. The van der Waals surface area contributed by atoms with Gasteiger partial charge < -0.3 is 9.88 Å². The molecule has 2 aliphatic rings. The van der Waals surface area contributed by atoms with E-state index >= 15 is 0 Å². The Hall–Kier alpha value is -2.91. The summed E-state index contributed by atoms with van der Waals surface area (Å²) >= 11 is 1.61. The molecule has 3 aromatic rings. The topological polar surface area (TPSA) is 72.8 Å². The van der Waals surface area contributed by atoms with Crippen LogP contribution < -0.4 is 10.5 Å². The number of aromatic nitrogens is 2. The summed E-state index contributed by atoms with van der Waals surface area (Å²) < 4.78 is 0. The summed E-state index contributed by atoms with van der Waals surface area (Å²) in [6.45, 7) is 2.21. The number of nitriles is 1. The van der Waals surface area contributed by atoms with Gasteiger partial charge in [0.05, 0.1) is 11.0 Å². The molecular formula is C24H24N4OS. The van der Waals surface area contributed by atoms with Crippen LogP contribution in [0.4, 0.5) is 5.69 Å². The third kappa shape index (κ3) is 3.54. The fourth-order valence-corrected chi connectivity index (χ4v) is 5.81. The van der Waals surface area contributed by atoms with Crippen LogP contribution in [0.15, 0.2) is 29.1 Å². The van der Waals surface area contributed by atoms with E-state index in [9.17, 15) is 10.1 Å². The second-order valence-electron chi connectivity index (χ2n) is 8.11. The first-order chi connectivity index (χ1) is 14.7. The molecule has 6 heteroatoms. The molecule has 0 spiro atoms. The van der Waals surface area contributed by atoms with Crippen molar-refractivity contribution >= 4 is 38.9 Å². The predicted molar refractivity (Wildman–Crippen MR) is 123 cm³/mol. The highest BCUT2D eigenvalue weighted by Gasteiger charge is 2.20. The van der Waals surface area contributed by atoms with Gasteiger partial charge >= 0.3 is 0 Å². The Balaban J connectivity index is 1.47. The van der Waals surface area contributed by atoms with Crippen LogP contribution >= 0.6 is 11.3 Å². The summed E-state index contributed by atoms with van der Waals surface area (Å²) in [4.78, 5) is 24.8. The zero-order chi connectivity index (χ0) is 20.5. The Kier molecular flexibility index (Phi) is 5.14. The molecule has 152 valence electrons. The zero-order valence-corrected chi connectivity index (χ0v) is 17.7. The molecule has 1 aliphatic carbocycles. The molecule has 3 heterocycles. The van der Waals surface area contributed by atoms with Crippen LogP contribution in [0.1, 0.15) is 53.9 Å². The van der Waals surface area contributed by atoms with Gasteiger partial charge in [0.2, 0.25) is 0 Å². The second kappa shape index (κ2) is 8.08. The molecule has 5 nitrogen and oxygen atoms in total. The van der Waals surface area contributed by atoms with Crippen LogP contribution in [-0.2, 0) is 12.8 Å². The highest BCUT2D eigenvalue weighted by molar-refractivity contribution is 7.18. The molecular weight excluding hydrogens is 392 g/mol. The summed E-state index contributed by atoms with van der Waals surface area (Å²) in [7, 11) is 0. The molecule has 30 heavy (non-hydrogen) atoms. The summed E-state index contributed by atoms with van der Waals surface area (Å²) in [5.74, 6) is 0.355. The first-order valence-electron chi connectivity index (χ1n) is 10.7. The average Bonchev–Trinajstić information content (AvgIpc) is 3.17. The van der Waals surface area contributed by atoms with E-state index in [0.29, 0.717) is 11.4 Å². The maximum absolute atomic E-state index is 12.8. The van der Waals surface area contributed by atoms with Crippen molar-refractivity contribution in [1.82, 2.24) is 9.97 Å². The fourth-order valence-electron chi connectivity index (χ4n) is 4.55. The van der Waals surface area contributed by atoms with Crippen molar-refractivity contribution < 1.29 is 0 Å². The molecule has 1 aliphatic heterocycles. The number of anilines is 1. The van der Waals surface area contributed by atoms with Crippen molar-refractivity contribution in [1.29, 1.82) is 5.26 Å². The van der Waals surface area contributed by atoms with Crippen molar-refractivity contribution in [3.63, 3.8) is 0 Å². The first kappa shape index (κ1) is 19.1. The van der Waals surface area contributed by atoms with Crippen molar-refractivity contribution in [2.24, 2.45) is 0 Å². The molecule has 0 unspecified atom stereocenters. The summed E-state index contributed by atoms with van der Waals surface area (Å²) in [6.07, 6.45) is 9.86. The van der Waals surface area contributed by atoms with Crippen LogP contribution in [-0.4, -0.2) is 23.1 Å². The average molecular weight is 417 g/mol. The number of aryl methyl sites for hydroxylation is 2. The molecule has 1 fully saturated rings. The minimum Gasteiger partial charge on any atom is -0.372 e. The molecule has 1 aromatic carbocycles. The number of nitrogens with zero attached hydrogens (tertiary/aromatic N) is 3. The van der Waals surface area contributed by atoms with Gasteiger partial charge in [0.25, 0.3) is 5.56 Å². The van der Waals surface area contributed by atoms with Crippen LogP contribution in [0, 0.1) is 11.3 Å². The van der Waals surface area contributed by atoms with Gasteiger partial charge in [-0.3, -0.25) is 4.79 Å². The van der Waals surface area contributed by atoms with Crippen LogP contribution in [0.25, 0.3) is 21.9 Å². The maximum Gasteiger partial charge on any atom is 0.260 e.